The van der Waals surface area contributed by atoms with E-state index in [9.17, 15) is 48.6 Å². The first-order valence-corrected chi connectivity index (χ1v) is 23.4. The number of aliphatic imine (C=N–C) groups is 1. The highest BCUT2D eigenvalue weighted by Crippen LogP contribution is 2.14. The van der Waals surface area contributed by atoms with Crippen LogP contribution in [0.1, 0.15) is 82.0 Å². The summed E-state index contributed by atoms with van der Waals surface area (Å²) in [6, 6.07) is 5.39. The minimum Gasteiger partial charge on any atom is -0.508 e. The number of phenolic OH excluding ortho intramolecular Hbond substituents is 1. The second-order valence-electron chi connectivity index (χ2n) is 17.5. The van der Waals surface area contributed by atoms with Gasteiger partial charge in [0.2, 0.25) is 41.4 Å². The lowest BCUT2D eigenvalue weighted by Gasteiger charge is -2.28. The number of carboxylic acid groups (broad SMARTS) is 1. The predicted molar refractivity (Wildman–Crippen MR) is 262 cm³/mol. The van der Waals surface area contributed by atoms with Crippen molar-refractivity contribution in [3.05, 3.63) is 83.9 Å². The number of phenols is 1. The van der Waals surface area contributed by atoms with E-state index >= 15 is 0 Å². The summed E-state index contributed by atoms with van der Waals surface area (Å²) in [4.78, 5) is 119. The van der Waals surface area contributed by atoms with Gasteiger partial charge in [-0.1, -0.05) is 62.7 Å². The van der Waals surface area contributed by atoms with Crippen molar-refractivity contribution in [1.29, 1.82) is 0 Å². The van der Waals surface area contributed by atoms with Gasteiger partial charge in [-0.3, -0.25) is 43.3 Å². The standard InChI is InChI=1S/C47H70N14O10/c1-27(2)21-36(44(69)56-33(12-8-20-54-47(51)52)42(67)58-35(40(50)65)22-28-9-4-3-5-10-28)60-45(70)37(23-29-13-15-31(62)16-14-29)61-43(68)34(17-18-39(63)64)57-46(71)38(24-30-25-53-26-55-30)59-41(66)32(49)11-6-7-19-48/h3-5,9-10,13-16,25-27,32-38,62H,6-8,11-12,17-24,48-49H2,1-2H3,(H2,50,65)(H,53,55)(H,56,69)(H,57,71)(H,58,67)(H,59,66)(H,60,70)(H,61,68)(H,63,64)(H4,51,52,54)/t32-,33-,34-,35-,36-,37-,38-/m0/s1. The maximum absolute atomic E-state index is 14.4. The number of aromatic amines is 1. The zero-order valence-electron chi connectivity index (χ0n) is 40.1. The molecule has 24 nitrogen and oxygen atoms in total. The van der Waals surface area contributed by atoms with Gasteiger partial charge in [0.1, 0.15) is 42.0 Å². The largest absolute Gasteiger partial charge is 0.508 e. The van der Waals surface area contributed by atoms with E-state index in [4.69, 9.17) is 28.7 Å². The van der Waals surface area contributed by atoms with Gasteiger partial charge >= 0.3 is 5.97 Å². The lowest BCUT2D eigenvalue weighted by atomic mass is 9.99. The molecule has 1 heterocycles. The van der Waals surface area contributed by atoms with Crippen molar-refractivity contribution in [3.63, 3.8) is 0 Å². The van der Waals surface area contributed by atoms with Gasteiger partial charge in [-0.25, -0.2) is 4.98 Å². The molecule has 0 unspecified atom stereocenters. The Morgan fingerprint density at radius 3 is 1.72 bits per heavy atom. The van der Waals surface area contributed by atoms with Gasteiger partial charge in [-0.15, -0.1) is 0 Å². The lowest BCUT2D eigenvalue weighted by Crippen LogP contribution is -2.60. The number of amides is 7. The first kappa shape index (κ1) is 57.7. The van der Waals surface area contributed by atoms with E-state index in [-0.39, 0.29) is 69.1 Å². The van der Waals surface area contributed by atoms with Crippen LogP contribution >= 0.6 is 0 Å². The Kier molecular flexibility index (Phi) is 24.5. The topological polar surface area (TPSA) is 420 Å². The van der Waals surface area contributed by atoms with Crippen LogP contribution in [-0.4, -0.2) is 129 Å². The molecule has 7 amide bonds. The number of carbonyl (C=O) groups excluding carboxylic acids is 7. The monoisotopic (exact) mass is 991 g/mol. The van der Waals surface area contributed by atoms with Gasteiger partial charge in [0.05, 0.1) is 12.4 Å². The molecule has 0 spiro atoms. The number of H-pyrrole nitrogens is 1. The molecular weight excluding hydrogens is 921 g/mol. The number of primary amides is 1. The van der Waals surface area contributed by atoms with E-state index in [0.29, 0.717) is 36.2 Å². The summed E-state index contributed by atoms with van der Waals surface area (Å²) in [5.41, 5.74) is 29.9. The van der Waals surface area contributed by atoms with E-state index < -0.39 is 102 Å². The van der Waals surface area contributed by atoms with Crippen LogP contribution < -0.4 is 60.6 Å². The molecule has 19 N–H and O–H groups in total. The van der Waals surface area contributed by atoms with E-state index in [1.165, 1.54) is 36.8 Å². The van der Waals surface area contributed by atoms with E-state index in [2.05, 4.69) is 46.9 Å². The molecule has 24 heteroatoms. The van der Waals surface area contributed by atoms with Crippen LogP contribution in [0, 0.1) is 5.92 Å². The average Bonchev–Trinajstić information content (AvgIpc) is 3.84. The zero-order valence-corrected chi connectivity index (χ0v) is 40.1. The van der Waals surface area contributed by atoms with Crippen LogP contribution in [0.2, 0.25) is 0 Å². The number of aliphatic carboxylic acids is 1. The Balaban J connectivity index is 1.94. The highest BCUT2D eigenvalue weighted by molar-refractivity contribution is 5.97. The fourth-order valence-corrected chi connectivity index (χ4v) is 7.27. The molecule has 0 aliphatic carbocycles. The molecule has 1 aromatic heterocycles. The number of nitrogens with zero attached hydrogens (tertiary/aromatic N) is 2. The predicted octanol–water partition coefficient (Wildman–Crippen LogP) is -2.04. The van der Waals surface area contributed by atoms with Gasteiger partial charge in [-0.2, -0.15) is 0 Å². The molecule has 0 fully saturated rings. The number of imidazole rings is 1. The van der Waals surface area contributed by atoms with E-state index in [1.807, 2.05) is 0 Å². The Morgan fingerprint density at radius 2 is 1.15 bits per heavy atom. The highest BCUT2D eigenvalue weighted by Gasteiger charge is 2.34. The van der Waals surface area contributed by atoms with Crippen LogP contribution in [0.15, 0.2) is 72.1 Å². The van der Waals surface area contributed by atoms with Crippen molar-refractivity contribution in [2.45, 2.75) is 127 Å². The SMILES string of the molecule is CC(C)C[C@H](NC(=O)[C@H](Cc1ccc(O)cc1)NC(=O)[C@H](CCC(=O)O)NC(=O)[C@H](Cc1cnc[nH]1)NC(=O)[C@@H](N)CCCCN)C(=O)N[C@@H](CCCN=C(N)N)C(=O)N[C@@H](Cc1ccccc1)C(N)=O. The van der Waals surface area contributed by atoms with E-state index in [0.717, 1.165) is 0 Å². The van der Waals surface area contributed by atoms with Crippen LogP contribution in [0.5, 0.6) is 5.75 Å². The quantitative estimate of drug-likeness (QED) is 0.0182. The van der Waals surface area contributed by atoms with Crippen LogP contribution in [0.25, 0.3) is 0 Å². The van der Waals surface area contributed by atoms with Crippen LogP contribution in [0.3, 0.4) is 0 Å². The molecule has 3 rings (SSSR count). The number of hydrogen-bond donors (Lipinski definition) is 14. The summed E-state index contributed by atoms with van der Waals surface area (Å²) in [7, 11) is 0. The van der Waals surface area contributed by atoms with Crippen molar-refractivity contribution in [2.24, 2.45) is 39.6 Å². The minimum absolute atomic E-state index is 0.00940. The lowest BCUT2D eigenvalue weighted by molar-refractivity contribution is -0.138. The van der Waals surface area contributed by atoms with Gasteiger partial charge in [0.25, 0.3) is 0 Å². The Hall–Kier alpha value is -7.60. The minimum atomic E-state index is -1.58. The van der Waals surface area contributed by atoms with Crippen molar-refractivity contribution in [1.82, 2.24) is 41.9 Å². The van der Waals surface area contributed by atoms with Crippen molar-refractivity contribution >= 4 is 53.3 Å². The molecule has 0 saturated carbocycles. The van der Waals surface area contributed by atoms with Crippen LogP contribution in [0.4, 0.5) is 0 Å². The Labute approximate surface area is 411 Å². The van der Waals surface area contributed by atoms with Gasteiger partial charge in [0, 0.05) is 44.1 Å². The number of guanidine groups is 1. The summed E-state index contributed by atoms with van der Waals surface area (Å²) in [5, 5.41) is 35.4. The van der Waals surface area contributed by atoms with Gasteiger partial charge in [0.15, 0.2) is 5.96 Å². The fourth-order valence-electron chi connectivity index (χ4n) is 7.27. The number of benzene rings is 2. The first-order chi connectivity index (χ1) is 33.8. The number of nitrogens with one attached hydrogen (secondary N) is 7. The number of aromatic hydroxyl groups is 1. The third-order valence-electron chi connectivity index (χ3n) is 11.1. The molecule has 388 valence electrons. The molecule has 7 atom stereocenters. The number of carbonyl (C=O) groups is 8. The summed E-state index contributed by atoms with van der Waals surface area (Å²) in [5.74, 6) is -7.55. The molecule has 2 aromatic carbocycles. The van der Waals surface area contributed by atoms with Gasteiger partial charge < -0.3 is 75.8 Å². The smallest absolute Gasteiger partial charge is 0.303 e. The third kappa shape index (κ3) is 21.7. The molecule has 0 bridgehead atoms. The molecule has 0 aliphatic rings. The van der Waals surface area contributed by atoms with Crippen LogP contribution in [-0.2, 0) is 57.6 Å². The number of unbranched alkanes of at least 4 members (excludes halogenated alkanes) is 1. The molecule has 0 radical (unpaired) electrons. The Bertz CT molecular complexity index is 2220. The summed E-state index contributed by atoms with van der Waals surface area (Å²) in [6.07, 6.45) is 3.15. The van der Waals surface area contributed by atoms with Crippen molar-refractivity contribution in [3.8, 4) is 5.75 Å². The second-order valence-corrected chi connectivity index (χ2v) is 17.5. The molecule has 71 heavy (non-hydrogen) atoms. The fraction of sp³-hybridized carbons (Fsp3) is 0.489. The zero-order chi connectivity index (χ0) is 52.5. The summed E-state index contributed by atoms with van der Waals surface area (Å²) in [6.45, 7) is 4.06. The molecule has 0 saturated heterocycles. The number of nitrogens with two attached hydrogens (primary N) is 5. The average molecular weight is 991 g/mol. The number of hydrogen-bond acceptors (Lipinski definition) is 13. The highest BCUT2D eigenvalue weighted by atomic mass is 16.4. The maximum atomic E-state index is 14.4. The van der Waals surface area contributed by atoms with Crippen molar-refractivity contribution < 1.29 is 48.6 Å². The normalized spacial score (nSPS) is 14.0. The second kappa shape index (κ2) is 30.1. The van der Waals surface area contributed by atoms with Gasteiger partial charge in [-0.05, 0) is 74.2 Å². The Morgan fingerprint density at radius 1 is 0.634 bits per heavy atom. The summed E-state index contributed by atoms with van der Waals surface area (Å²) < 4.78 is 0. The molecule has 3 aromatic rings. The number of rotatable bonds is 32. The summed E-state index contributed by atoms with van der Waals surface area (Å²) >= 11 is 0. The molecule has 0 aliphatic heterocycles. The number of aromatic nitrogens is 2. The van der Waals surface area contributed by atoms with Crippen molar-refractivity contribution in [2.75, 3.05) is 13.1 Å². The third-order valence-corrected chi connectivity index (χ3v) is 11.1. The maximum Gasteiger partial charge on any atom is 0.303 e. The van der Waals surface area contributed by atoms with E-state index in [1.54, 1.807) is 44.2 Å². The molecular formula is C47H70N14O10. The first-order valence-electron chi connectivity index (χ1n) is 23.4. The number of carboxylic acids is 1.